The van der Waals surface area contributed by atoms with E-state index < -0.39 is 0 Å². The Labute approximate surface area is 107 Å². The Morgan fingerprint density at radius 2 is 1.67 bits per heavy atom. The van der Waals surface area contributed by atoms with Crippen LogP contribution in [0.5, 0.6) is 0 Å². The Hall–Kier alpha value is -1.89. The van der Waals surface area contributed by atoms with E-state index in [1.165, 1.54) is 27.3 Å². The summed E-state index contributed by atoms with van der Waals surface area (Å²) in [6, 6.07) is 12.9. The zero-order valence-corrected chi connectivity index (χ0v) is 11.1. The van der Waals surface area contributed by atoms with Crippen LogP contribution in [0.4, 0.5) is 0 Å². The van der Waals surface area contributed by atoms with E-state index in [-0.39, 0.29) is 0 Å². The van der Waals surface area contributed by atoms with Crippen molar-refractivity contribution in [1.82, 2.24) is 4.98 Å². The van der Waals surface area contributed by atoms with E-state index >= 15 is 0 Å². The van der Waals surface area contributed by atoms with Crippen molar-refractivity contribution < 1.29 is 0 Å². The molecule has 0 fully saturated rings. The molecule has 0 amide bonds. The highest BCUT2D eigenvalue weighted by Gasteiger charge is 2.09. The number of nitrogens with zero attached hydrogens (tertiary/aromatic N) is 1. The summed E-state index contributed by atoms with van der Waals surface area (Å²) in [7, 11) is 0. The van der Waals surface area contributed by atoms with Gasteiger partial charge in [0.15, 0.2) is 0 Å². The van der Waals surface area contributed by atoms with Crippen molar-refractivity contribution in [2.24, 2.45) is 0 Å². The topological polar surface area (TPSA) is 12.9 Å². The SMILES string of the molecule is Cc1cc2c(C(C)C)ccnc2c2ccccc12. The summed E-state index contributed by atoms with van der Waals surface area (Å²) in [5.41, 5.74) is 3.84. The number of hydrogen-bond acceptors (Lipinski definition) is 1. The molecule has 0 radical (unpaired) electrons. The molecule has 0 unspecified atom stereocenters. The lowest BCUT2D eigenvalue weighted by Gasteiger charge is -2.12. The van der Waals surface area contributed by atoms with E-state index in [2.05, 4.69) is 62.2 Å². The molecule has 0 bridgehead atoms. The van der Waals surface area contributed by atoms with Crippen molar-refractivity contribution >= 4 is 21.7 Å². The maximum Gasteiger partial charge on any atom is 0.0783 e. The quantitative estimate of drug-likeness (QED) is 0.551. The smallest absolute Gasteiger partial charge is 0.0783 e. The van der Waals surface area contributed by atoms with Crippen LogP contribution >= 0.6 is 0 Å². The van der Waals surface area contributed by atoms with Crippen molar-refractivity contribution in [2.75, 3.05) is 0 Å². The third-order valence-electron chi connectivity index (χ3n) is 3.61. The van der Waals surface area contributed by atoms with Crippen LogP contribution in [0.2, 0.25) is 0 Å². The molecule has 1 heteroatoms. The highest BCUT2D eigenvalue weighted by atomic mass is 14.7. The molecule has 1 nitrogen and oxygen atoms in total. The van der Waals surface area contributed by atoms with Gasteiger partial charge in [-0.15, -0.1) is 0 Å². The van der Waals surface area contributed by atoms with Crippen LogP contribution in [0.15, 0.2) is 42.6 Å². The van der Waals surface area contributed by atoms with Gasteiger partial charge in [-0.05, 0) is 41.5 Å². The third kappa shape index (κ3) is 1.59. The first-order valence-corrected chi connectivity index (χ1v) is 6.45. The molecule has 90 valence electrons. The molecule has 0 aliphatic carbocycles. The average Bonchev–Trinajstić information content (AvgIpc) is 2.38. The molecule has 0 spiro atoms. The van der Waals surface area contributed by atoms with Crippen molar-refractivity contribution in [3.05, 3.63) is 53.7 Å². The van der Waals surface area contributed by atoms with E-state index in [0.717, 1.165) is 5.52 Å². The molecule has 0 saturated heterocycles. The Morgan fingerprint density at radius 1 is 0.944 bits per heavy atom. The van der Waals surface area contributed by atoms with Crippen LogP contribution in [0.3, 0.4) is 0 Å². The summed E-state index contributed by atoms with van der Waals surface area (Å²) >= 11 is 0. The molecule has 18 heavy (non-hydrogen) atoms. The molecular formula is C17H17N. The summed E-state index contributed by atoms with van der Waals surface area (Å²) in [6.45, 7) is 6.65. The lowest BCUT2D eigenvalue weighted by atomic mass is 9.94. The normalized spacial score (nSPS) is 11.6. The maximum absolute atomic E-state index is 4.59. The second-order valence-corrected chi connectivity index (χ2v) is 5.19. The average molecular weight is 235 g/mol. The first-order valence-electron chi connectivity index (χ1n) is 6.45. The van der Waals surface area contributed by atoms with Gasteiger partial charge in [0.1, 0.15) is 0 Å². The summed E-state index contributed by atoms with van der Waals surface area (Å²) in [5.74, 6) is 0.524. The molecule has 0 N–H and O–H groups in total. The van der Waals surface area contributed by atoms with Crippen molar-refractivity contribution in [3.63, 3.8) is 0 Å². The van der Waals surface area contributed by atoms with Crippen molar-refractivity contribution in [3.8, 4) is 0 Å². The molecule has 3 rings (SSSR count). The summed E-state index contributed by atoms with van der Waals surface area (Å²) in [6.07, 6.45) is 1.93. The molecular weight excluding hydrogens is 218 g/mol. The van der Waals surface area contributed by atoms with Crippen molar-refractivity contribution in [1.29, 1.82) is 0 Å². The standard InChI is InChI=1S/C17H17N/c1-11(2)13-8-9-18-17-15-7-5-4-6-14(15)12(3)10-16(13)17/h4-11H,1-3H3. The van der Waals surface area contributed by atoms with Crippen LogP contribution in [-0.4, -0.2) is 4.98 Å². The highest BCUT2D eigenvalue weighted by molar-refractivity contribution is 6.07. The Balaban J connectivity index is 2.54. The van der Waals surface area contributed by atoms with Gasteiger partial charge in [0.05, 0.1) is 5.52 Å². The van der Waals surface area contributed by atoms with Gasteiger partial charge in [0, 0.05) is 17.0 Å². The van der Waals surface area contributed by atoms with Gasteiger partial charge in [-0.2, -0.15) is 0 Å². The van der Waals surface area contributed by atoms with Crippen LogP contribution in [-0.2, 0) is 0 Å². The van der Waals surface area contributed by atoms with Gasteiger partial charge in [-0.1, -0.05) is 38.1 Å². The first kappa shape index (κ1) is 11.2. The van der Waals surface area contributed by atoms with Gasteiger partial charge < -0.3 is 0 Å². The summed E-state index contributed by atoms with van der Waals surface area (Å²) in [4.78, 5) is 4.59. The molecule has 1 aromatic heterocycles. The second-order valence-electron chi connectivity index (χ2n) is 5.19. The van der Waals surface area contributed by atoms with Crippen LogP contribution in [0.1, 0.15) is 30.9 Å². The molecule has 0 saturated carbocycles. The van der Waals surface area contributed by atoms with Crippen molar-refractivity contribution in [2.45, 2.75) is 26.7 Å². The monoisotopic (exact) mass is 235 g/mol. The van der Waals surface area contributed by atoms with Crippen LogP contribution in [0, 0.1) is 6.92 Å². The fourth-order valence-corrected chi connectivity index (χ4v) is 2.69. The number of aromatic nitrogens is 1. The number of benzene rings is 2. The predicted octanol–water partition coefficient (Wildman–Crippen LogP) is 4.82. The lowest BCUT2D eigenvalue weighted by Crippen LogP contribution is -1.93. The number of aryl methyl sites for hydroxylation is 1. The lowest BCUT2D eigenvalue weighted by molar-refractivity contribution is 0.874. The molecule has 0 aliphatic rings. The van der Waals surface area contributed by atoms with Crippen LogP contribution < -0.4 is 0 Å². The second kappa shape index (κ2) is 4.09. The number of fused-ring (bicyclic) bond motifs is 3. The Kier molecular flexibility index (Phi) is 2.55. The zero-order chi connectivity index (χ0) is 12.7. The molecule has 0 aliphatic heterocycles. The fourth-order valence-electron chi connectivity index (χ4n) is 2.69. The third-order valence-corrected chi connectivity index (χ3v) is 3.61. The minimum Gasteiger partial charge on any atom is -0.256 e. The first-order chi connectivity index (χ1) is 8.68. The van der Waals surface area contributed by atoms with E-state index in [9.17, 15) is 0 Å². The maximum atomic E-state index is 4.59. The van der Waals surface area contributed by atoms with E-state index in [0.29, 0.717) is 5.92 Å². The minimum atomic E-state index is 0.524. The largest absolute Gasteiger partial charge is 0.256 e. The predicted molar refractivity (Wildman–Crippen MR) is 78.1 cm³/mol. The summed E-state index contributed by atoms with van der Waals surface area (Å²) in [5, 5.41) is 3.86. The van der Waals surface area contributed by atoms with Gasteiger partial charge in [0.25, 0.3) is 0 Å². The molecule has 3 aromatic rings. The Morgan fingerprint density at radius 3 is 2.39 bits per heavy atom. The van der Waals surface area contributed by atoms with Gasteiger partial charge >= 0.3 is 0 Å². The van der Waals surface area contributed by atoms with E-state index in [1.807, 2.05) is 6.20 Å². The van der Waals surface area contributed by atoms with E-state index in [1.54, 1.807) is 0 Å². The van der Waals surface area contributed by atoms with Gasteiger partial charge in [-0.25, -0.2) is 0 Å². The number of hydrogen-bond donors (Lipinski definition) is 0. The molecule has 2 aromatic carbocycles. The fraction of sp³-hybridized carbons (Fsp3) is 0.235. The number of rotatable bonds is 1. The van der Waals surface area contributed by atoms with Crippen LogP contribution in [0.25, 0.3) is 21.7 Å². The summed E-state index contributed by atoms with van der Waals surface area (Å²) < 4.78 is 0. The highest BCUT2D eigenvalue weighted by Crippen LogP contribution is 2.31. The van der Waals surface area contributed by atoms with Gasteiger partial charge in [-0.3, -0.25) is 4.98 Å². The number of pyridine rings is 1. The molecule has 0 atom stereocenters. The van der Waals surface area contributed by atoms with Gasteiger partial charge in [0.2, 0.25) is 0 Å². The Bertz CT molecular complexity index is 726. The van der Waals surface area contributed by atoms with E-state index in [4.69, 9.17) is 0 Å². The minimum absolute atomic E-state index is 0.524. The zero-order valence-electron chi connectivity index (χ0n) is 11.1. The molecule has 1 heterocycles.